The van der Waals surface area contributed by atoms with E-state index in [9.17, 15) is 23.1 Å². The summed E-state index contributed by atoms with van der Waals surface area (Å²) in [5.74, 6) is -2.34. The number of thiazole rings is 1. The molecule has 6 rings (SSSR count). The molecule has 0 bridgehead atoms. The minimum Gasteiger partial charge on any atom is -0.432 e. The van der Waals surface area contributed by atoms with Crippen LogP contribution in [0.25, 0.3) is 10.2 Å². The van der Waals surface area contributed by atoms with Gasteiger partial charge < -0.3 is 19.4 Å². The highest BCUT2D eigenvalue weighted by molar-refractivity contribution is 7.18. The van der Waals surface area contributed by atoms with Crippen molar-refractivity contribution in [3.05, 3.63) is 64.3 Å². The third kappa shape index (κ3) is 3.62. The number of para-hydroxylation sites is 1. The van der Waals surface area contributed by atoms with E-state index in [2.05, 4.69) is 19.9 Å². The van der Waals surface area contributed by atoms with Crippen LogP contribution in [0, 0.1) is 0 Å². The van der Waals surface area contributed by atoms with Gasteiger partial charge in [-0.2, -0.15) is 13.2 Å². The van der Waals surface area contributed by atoms with E-state index in [0.717, 1.165) is 15.9 Å². The second-order valence-electron chi connectivity index (χ2n) is 8.87. The van der Waals surface area contributed by atoms with E-state index in [1.54, 1.807) is 0 Å². The molecule has 0 unspecified atom stereocenters. The second-order valence-corrected chi connectivity index (χ2v) is 9.93. The Balaban J connectivity index is 1.48. The third-order valence-corrected chi connectivity index (χ3v) is 7.71. The number of aliphatic hydroxyl groups is 1. The van der Waals surface area contributed by atoms with Crippen molar-refractivity contribution in [2.75, 3.05) is 6.54 Å². The lowest BCUT2D eigenvalue weighted by Crippen LogP contribution is -2.36. The lowest BCUT2D eigenvalue weighted by Gasteiger charge is -2.33. The van der Waals surface area contributed by atoms with Crippen LogP contribution in [0.5, 0.6) is 0 Å². The second kappa shape index (κ2) is 7.89. The number of H-pyrrole nitrogens is 1. The molecule has 0 saturated heterocycles. The van der Waals surface area contributed by atoms with Gasteiger partial charge in [-0.3, -0.25) is 4.79 Å². The van der Waals surface area contributed by atoms with Crippen molar-refractivity contribution in [1.29, 1.82) is 0 Å². The number of aromatic amines is 1. The lowest BCUT2D eigenvalue weighted by molar-refractivity contribution is -0.141. The molecule has 0 spiro atoms. The molecule has 1 fully saturated rings. The Morgan fingerprint density at radius 2 is 2.03 bits per heavy atom. The predicted octanol–water partition coefficient (Wildman–Crippen LogP) is 4.58. The van der Waals surface area contributed by atoms with Gasteiger partial charge in [0.25, 0.3) is 5.91 Å². The predicted molar refractivity (Wildman–Crippen MR) is 119 cm³/mol. The molecule has 2 aliphatic rings. The Bertz CT molecular complexity index is 1390. The zero-order valence-corrected chi connectivity index (χ0v) is 19.1. The van der Waals surface area contributed by atoms with Gasteiger partial charge in [-0.05, 0) is 44.2 Å². The van der Waals surface area contributed by atoms with Crippen LogP contribution in [0.3, 0.4) is 0 Å². The quantitative estimate of drug-likeness (QED) is 0.424. The highest BCUT2D eigenvalue weighted by Crippen LogP contribution is 2.44. The number of nitrogens with zero attached hydrogens (tertiary/aromatic N) is 4. The molecular weight excluding hydrogens is 483 g/mol. The average Bonchev–Trinajstić information content (AvgIpc) is 3.52. The van der Waals surface area contributed by atoms with E-state index in [1.807, 2.05) is 24.3 Å². The molecule has 12 heteroatoms. The summed E-state index contributed by atoms with van der Waals surface area (Å²) in [5, 5.41) is 11.1. The van der Waals surface area contributed by atoms with Gasteiger partial charge in [-0.15, -0.1) is 11.3 Å². The fraction of sp³-hybridized carbons (Fsp3) is 0.391. The fourth-order valence-electron chi connectivity index (χ4n) is 4.66. The van der Waals surface area contributed by atoms with Crippen LogP contribution >= 0.6 is 11.3 Å². The first kappa shape index (κ1) is 22.2. The summed E-state index contributed by atoms with van der Waals surface area (Å²) >= 11 is 1.36. The number of rotatable bonds is 3. The number of amides is 1. The van der Waals surface area contributed by atoms with E-state index < -0.39 is 41.1 Å². The van der Waals surface area contributed by atoms with Crippen molar-refractivity contribution in [3.63, 3.8) is 0 Å². The summed E-state index contributed by atoms with van der Waals surface area (Å²) < 4.78 is 48.1. The van der Waals surface area contributed by atoms with Crippen molar-refractivity contribution in [1.82, 2.24) is 24.8 Å². The van der Waals surface area contributed by atoms with Crippen LogP contribution in [-0.4, -0.2) is 42.4 Å². The summed E-state index contributed by atoms with van der Waals surface area (Å²) in [7, 11) is 0. The first-order chi connectivity index (χ1) is 16.7. The maximum Gasteiger partial charge on any atom is 0.437 e. The first-order valence-corrected chi connectivity index (χ1v) is 12.1. The minimum absolute atomic E-state index is 0.168. The Kier molecular flexibility index (Phi) is 5.01. The molecule has 1 aliphatic carbocycles. The number of carbonyl (C=O) groups excluding carboxylic acids is 1. The number of benzene rings is 1. The Hall–Kier alpha value is -3.25. The number of carbonyl (C=O) groups is 1. The normalized spacial score (nSPS) is 19.9. The molecule has 4 heterocycles. The number of halogens is 3. The first-order valence-electron chi connectivity index (χ1n) is 11.2. The number of hydrogen-bond acceptors (Lipinski definition) is 7. The number of alkyl halides is 3. The molecule has 1 saturated carbocycles. The number of hydrogen-bond donors (Lipinski definition) is 2. The summed E-state index contributed by atoms with van der Waals surface area (Å²) in [6, 6.07) is 6.66. The lowest BCUT2D eigenvalue weighted by atomic mass is 9.80. The summed E-state index contributed by atoms with van der Waals surface area (Å²) in [5.41, 5.74) is -0.929. The van der Waals surface area contributed by atoms with Gasteiger partial charge in [0.1, 0.15) is 16.7 Å². The molecule has 35 heavy (non-hydrogen) atoms. The van der Waals surface area contributed by atoms with Gasteiger partial charge in [-0.25, -0.2) is 15.0 Å². The smallest absolute Gasteiger partial charge is 0.432 e. The molecular formula is C23H20F3N5O3S. The number of aromatic nitrogens is 4. The largest absolute Gasteiger partial charge is 0.437 e. The topological polar surface area (TPSA) is 108 Å². The molecule has 1 aromatic carbocycles. The van der Waals surface area contributed by atoms with Crippen molar-refractivity contribution in [2.45, 2.75) is 49.9 Å². The number of oxazole rings is 1. The third-order valence-electron chi connectivity index (χ3n) is 6.62. The molecule has 2 N–H and O–H groups in total. The van der Waals surface area contributed by atoms with Crippen LogP contribution in [0.15, 0.2) is 35.0 Å². The van der Waals surface area contributed by atoms with Crippen molar-refractivity contribution >= 4 is 27.5 Å². The van der Waals surface area contributed by atoms with Crippen molar-refractivity contribution in [2.24, 2.45) is 0 Å². The maximum atomic E-state index is 13.9. The maximum absolute atomic E-state index is 13.9. The molecule has 1 amide bonds. The monoisotopic (exact) mass is 503 g/mol. The van der Waals surface area contributed by atoms with E-state index in [4.69, 9.17) is 4.42 Å². The Labute approximate surface area is 200 Å². The molecule has 0 radical (unpaired) electrons. The minimum atomic E-state index is -4.93. The molecule has 1 atom stereocenters. The zero-order chi connectivity index (χ0) is 24.4. The van der Waals surface area contributed by atoms with Crippen molar-refractivity contribution < 1.29 is 27.5 Å². The summed E-state index contributed by atoms with van der Waals surface area (Å²) in [4.78, 5) is 30.8. The number of nitrogens with one attached hydrogen (secondary N) is 1. The van der Waals surface area contributed by atoms with Crippen LogP contribution in [0.4, 0.5) is 13.2 Å². The average molecular weight is 504 g/mol. The van der Waals surface area contributed by atoms with Gasteiger partial charge in [0.05, 0.1) is 22.2 Å². The number of fused-ring (bicyclic) bond motifs is 2. The van der Waals surface area contributed by atoms with E-state index in [1.165, 1.54) is 22.6 Å². The van der Waals surface area contributed by atoms with Gasteiger partial charge >= 0.3 is 6.18 Å². The van der Waals surface area contributed by atoms with Crippen LogP contribution in [0.1, 0.15) is 70.3 Å². The fourth-order valence-corrected chi connectivity index (χ4v) is 5.74. The van der Waals surface area contributed by atoms with Crippen molar-refractivity contribution in [3.8, 4) is 0 Å². The van der Waals surface area contributed by atoms with E-state index >= 15 is 0 Å². The van der Waals surface area contributed by atoms with Crippen LogP contribution < -0.4 is 0 Å². The highest BCUT2D eigenvalue weighted by atomic mass is 32.1. The molecule has 3 aromatic heterocycles. The standard InChI is InChI=1S/C23H20F3N5O3S/c24-23(25,26)18-17(34-21(30-18)22(33)8-4-9-22)20(32)31-10-3-6-13-15(28-11-27-13)16(31)19-29-12-5-1-2-7-14(12)35-19/h1-2,5,7,11,16,33H,3-4,6,8-10H2,(H,27,28)/t16-/m0/s1. The molecule has 8 nitrogen and oxygen atoms in total. The van der Waals surface area contributed by atoms with E-state index in [0.29, 0.717) is 30.0 Å². The summed E-state index contributed by atoms with van der Waals surface area (Å²) in [6.07, 6.45) is -1.24. The Morgan fingerprint density at radius 3 is 2.74 bits per heavy atom. The van der Waals surface area contributed by atoms with Gasteiger partial charge in [0.2, 0.25) is 11.7 Å². The van der Waals surface area contributed by atoms with Crippen LogP contribution in [0.2, 0.25) is 0 Å². The van der Waals surface area contributed by atoms with Gasteiger partial charge in [0, 0.05) is 12.2 Å². The molecule has 1 aliphatic heterocycles. The number of aryl methyl sites for hydroxylation is 1. The van der Waals surface area contributed by atoms with Crippen LogP contribution in [-0.2, 0) is 18.2 Å². The molecule has 4 aromatic rings. The Morgan fingerprint density at radius 1 is 1.23 bits per heavy atom. The summed E-state index contributed by atoms with van der Waals surface area (Å²) in [6.45, 7) is 0.168. The molecule has 182 valence electrons. The SMILES string of the molecule is O=C(c1oc(C2(O)CCC2)nc1C(F)(F)F)N1CCCc2[nH]cnc2[C@H]1c1nc2ccccc2s1. The van der Waals surface area contributed by atoms with E-state index in [-0.39, 0.29) is 19.4 Å². The zero-order valence-electron chi connectivity index (χ0n) is 18.3. The number of imidazole rings is 1. The van der Waals surface area contributed by atoms with Gasteiger partial charge in [0.15, 0.2) is 5.69 Å². The highest BCUT2D eigenvalue weighted by Gasteiger charge is 2.49. The van der Waals surface area contributed by atoms with Gasteiger partial charge in [-0.1, -0.05) is 12.1 Å².